The van der Waals surface area contributed by atoms with E-state index >= 15 is 0 Å². The molecule has 0 spiro atoms. The molecule has 0 saturated carbocycles. The maximum absolute atomic E-state index is 12.6. The largest absolute Gasteiger partial charge is 0.467 e. The highest BCUT2D eigenvalue weighted by Gasteiger charge is 2.20. The molecule has 118 valence electrons. The van der Waals surface area contributed by atoms with Gasteiger partial charge in [-0.25, -0.2) is 4.79 Å². The first-order chi connectivity index (χ1) is 10.7. The number of hydrogen-bond donors (Lipinski definition) is 0. The van der Waals surface area contributed by atoms with Crippen LogP contribution in [0.3, 0.4) is 0 Å². The molecule has 1 amide bonds. The van der Waals surface area contributed by atoms with Crippen LogP contribution in [0.4, 0.5) is 0 Å². The fourth-order valence-corrected chi connectivity index (χ4v) is 2.76. The SMILES string of the molecule is COCCN(Cc1ccco1)C(=O)c1ccc(C(=O)OC)s1. The Hall–Kier alpha value is -2.12. The lowest BCUT2D eigenvalue weighted by atomic mass is 10.3. The van der Waals surface area contributed by atoms with Crippen molar-refractivity contribution in [3.63, 3.8) is 0 Å². The second-order valence-electron chi connectivity index (χ2n) is 4.45. The second-order valence-corrected chi connectivity index (χ2v) is 5.54. The minimum atomic E-state index is -0.446. The fourth-order valence-electron chi connectivity index (χ4n) is 1.86. The van der Waals surface area contributed by atoms with E-state index in [1.54, 1.807) is 42.5 Å². The van der Waals surface area contributed by atoms with Crippen LogP contribution in [-0.2, 0) is 16.0 Å². The predicted octanol–water partition coefficient (Wildman–Crippen LogP) is 2.42. The second kappa shape index (κ2) is 7.77. The van der Waals surface area contributed by atoms with Gasteiger partial charge in [0.1, 0.15) is 10.6 Å². The van der Waals surface area contributed by atoms with Gasteiger partial charge in [-0.05, 0) is 24.3 Å². The molecule has 22 heavy (non-hydrogen) atoms. The molecule has 0 bridgehead atoms. The first-order valence-electron chi connectivity index (χ1n) is 6.64. The smallest absolute Gasteiger partial charge is 0.348 e. The van der Waals surface area contributed by atoms with Gasteiger partial charge in [-0.1, -0.05) is 0 Å². The highest BCUT2D eigenvalue weighted by atomic mass is 32.1. The van der Waals surface area contributed by atoms with E-state index in [9.17, 15) is 9.59 Å². The number of esters is 1. The molecule has 0 aliphatic heterocycles. The molecule has 0 saturated heterocycles. The van der Waals surface area contributed by atoms with E-state index < -0.39 is 5.97 Å². The van der Waals surface area contributed by atoms with Crippen molar-refractivity contribution in [3.8, 4) is 0 Å². The van der Waals surface area contributed by atoms with Crippen molar-refractivity contribution in [2.45, 2.75) is 6.54 Å². The first kappa shape index (κ1) is 16.3. The zero-order valence-corrected chi connectivity index (χ0v) is 13.2. The van der Waals surface area contributed by atoms with Gasteiger partial charge in [0.05, 0.1) is 31.4 Å². The van der Waals surface area contributed by atoms with Gasteiger partial charge >= 0.3 is 5.97 Å². The van der Waals surface area contributed by atoms with E-state index in [2.05, 4.69) is 4.74 Å². The number of carbonyl (C=O) groups is 2. The topological polar surface area (TPSA) is 69.0 Å². The minimum absolute atomic E-state index is 0.173. The van der Waals surface area contributed by atoms with Crippen molar-refractivity contribution < 1.29 is 23.5 Å². The average Bonchev–Trinajstić information content (AvgIpc) is 3.21. The van der Waals surface area contributed by atoms with Crippen molar-refractivity contribution in [3.05, 3.63) is 46.0 Å². The molecule has 0 atom stereocenters. The van der Waals surface area contributed by atoms with E-state index in [0.29, 0.717) is 35.2 Å². The summed E-state index contributed by atoms with van der Waals surface area (Å²) < 4.78 is 15.0. The number of thiophene rings is 1. The predicted molar refractivity (Wildman–Crippen MR) is 81.0 cm³/mol. The number of rotatable bonds is 7. The Labute approximate surface area is 132 Å². The highest BCUT2D eigenvalue weighted by Crippen LogP contribution is 2.20. The van der Waals surface area contributed by atoms with Gasteiger partial charge in [-0.15, -0.1) is 11.3 Å². The van der Waals surface area contributed by atoms with Crippen molar-refractivity contribution in [2.75, 3.05) is 27.4 Å². The molecular weight excluding hydrogens is 306 g/mol. The number of nitrogens with zero attached hydrogens (tertiary/aromatic N) is 1. The number of furan rings is 1. The molecule has 7 heteroatoms. The lowest BCUT2D eigenvalue weighted by Crippen LogP contribution is -2.32. The maximum Gasteiger partial charge on any atom is 0.348 e. The van der Waals surface area contributed by atoms with Crippen LogP contribution in [0, 0.1) is 0 Å². The summed E-state index contributed by atoms with van der Waals surface area (Å²) in [5.41, 5.74) is 0. The summed E-state index contributed by atoms with van der Waals surface area (Å²) in [6, 6.07) is 6.79. The Morgan fingerprint density at radius 3 is 2.64 bits per heavy atom. The minimum Gasteiger partial charge on any atom is -0.467 e. The van der Waals surface area contributed by atoms with Crippen molar-refractivity contribution >= 4 is 23.2 Å². The third-order valence-corrected chi connectivity index (χ3v) is 4.04. The third kappa shape index (κ3) is 3.96. The van der Waals surface area contributed by atoms with Crippen molar-refractivity contribution in [1.82, 2.24) is 4.90 Å². The molecule has 6 nitrogen and oxygen atoms in total. The van der Waals surface area contributed by atoms with Gasteiger partial charge in [0.25, 0.3) is 5.91 Å². The van der Waals surface area contributed by atoms with Crippen LogP contribution in [0.25, 0.3) is 0 Å². The quantitative estimate of drug-likeness (QED) is 0.732. The summed E-state index contributed by atoms with van der Waals surface area (Å²) >= 11 is 1.11. The lowest BCUT2D eigenvalue weighted by molar-refractivity contribution is 0.0606. The van der Waals surface area contributed by atoms with Gasteiger partial charge < -0.3 is 18.8 Å². The van der Waals surface area contributed by atoms with Gasteiger partial charge in [-0.3, -0.25) is 4.79 Å². The van der Waals surface area contributed by atoms with Crippen LogP contribution < -0.4 is 0 Å². The Morgan fingerprint density at radius 2 is 2.00 bits per heavy atom. The van der Waals surface area contributed by atoms with Gasteiger partial charge in [0.15, 0.2) is 0 Å². The molecule has 0 aromatic carbocycles. The van der Waals surface area contributed by atoms with Crippen LogP contribution in [0.1, 0.15) is 25.1 Å². The number of hydrogen-bond acceptors (Lipinski definition) is 6. The number of carbonyl (C=O) groups excluding carboxylic acids is 2. The molecule has 0 radical (unpaired) electrons. The zero-order chi connectivity index (χ0) is 15.9. The van der Waals surface area contributed by atoms with Crippen LogP contribution in [0.2, 0.25) is 0 Å². The summed E-state index contributed by atoms with van der Waals surface area (Å²) in [7, 11) is 2.89. The summed E-state index contributed by atoms with van der Waals surface area (Å²) in [6.07, 6.45) is 1.56. The fraction of sp³-hybridized carbons (Fsp3) is 0.333. The Morgan fingerprint density at radius 1 is 1.23 bits per heavy atom. The Kier molecular flexibility index (Phi) is 5.74. The molecule has 0 aliphatic carbocycles. The Bertz CT molecular complexity index is 620. The van der Waals surface area contributed by atoms with Crippen molar-refractivity contribution in [2.24, 2.45) is 0 Å². The van der Waals surface area contributed by atoms with Crippen LogP contribution >= 0.6 is 11.3 Å². The number of ether oxygens (including phenoxy) is 2. The molecule has 0 fully saturated rings. The zero-order valence-electron chi connectivity index (χ0n) is 12.4. The monoisotopic (exact) mass is 323 g/mol. The molecule has 2 rings (SSSR count). The standard InChI is InChI=1S/C15H17NO5S/c1-19-9-7-16(10-11-4-3-8-21-11)14(17)12-5-6-13(22-12)15(18)20-2/h3-6,8H,7,9-10H2,1-2H3. The first-order valence-corrected chi connectivity index (χ1v) is 7.46. The molecular formula is C15H17NO5S. The van der Waals surface area contributed by atoms with Crippen LogP contribution in [-0.4, -0.2) is 44.1 Å². The number of amides is 1. The molecule has 2 heterocycles. The summed E-state index contributed by atoms with van der Waals surface area (Å²) in [5.74, 6) is 0.0707. The van der Waals surface area contributed by atoms with Gasteiger partial charge in [0.2, 0.25) is 0 Å². The molecule has 0 aliphatic rings. The molecule has 2 aromatic rings. The van der Waals surface area contributed by atoms with Crippen LogP contribution in [0.5, 0.6) is 0 Å². The van der Waals surface area contributed by atoms with E-state index in [1.807, 2.05) is 0 Å². The summed E-state index contributed by atoms with van der Waals surface area (Å²) in [6.45, 7) is 1.20. The summed E-state index contributed by atoms with van der Waals surface area (Å²) in [4.78, 5) is 26.6. The lowest BCUT2D eigenvalue weighted by Gasteiger charge is -2.20. The van der Waals surface area contributed by atoms with Gasteiger partial charge in [0, 0.05) is 13.7 Å². The van der Waals surface area contributed by atoms with Gasteiger partial charge in [-0.2, -0.15) is 0 Å². The third-order valence-electron chi connectivity index (χ3n) is 2.98. The number of methoxy groups -OCH3 is 2. The maximum atomic E-state index is 12.6. The average molecular weight is 323 g/mol. The van der Waals surface area contributed by atoms with E-state index in [0.717, 1.165) is 11.3 Å². The Balaban J connectivity index is 2.13. The van der Waals surface area contributed by atoms with E-state index in [1.165, 1.54) is 7.11 Å². The van der Waals surface area contributed by atoms with E-state index in [-0.39, 0.29) is 5.91 Å². The highest BCUT2D eigenvalue weighted by molar-refractivity contribution is 7.15. The van der Waals surface area contributed by atoms with E-state index in [4.69, 9.17) is 9.15 Å². The normalized spacial score (nSPS) is 10.5. The van der Waals surface area contributed by atoms with Crippen LogP contribution in [0.15, 0.2) is 34.9 Å². The molecule has 2 aromatic heterocycles. The molecule has 0 N–H and O–H groups in total. The van der Waals surface area contributed by atoms with Crippen molar-refractivity contribution in [1.29, 1.82) is 0 Å². The molecule has 0 unspecified atom stereocenters. The summed E-state index contributed by atoms with van der Waals surface area (Å²) in [5, 5.41) is 0.